The second-order valence-electron chi connectivity index (χ2n) is 5.74. The number of hydrogen-bond donors (Lipinski definition) is 2. The van der Waals surface area contributed by atoms with Crippen molar-refractivity contribution in [1.29, 1.82) is 0 Å². The molecule has 110 valence electrons. The molecule has 2 aliphatic heterocycles. The third-order valence-corrected chi connectivity index (χ3v) is 6.58. The minimum Gasteiger partial charge on any atom is -0.346 e. The van der Waals surface area contributed by atoms with Crippen molar-refractivity contribution in [3.8, 4) is 0 Å². The summed E-state index contributed by atoms with van der Waals surface area (Å²) in [5, 5.41) is 7.79. The second-order valence-corrected chi connectivity index (χ2v) is 7.93. The molecule has 6 heteroatoms. The molecule has 2 fully saturated rings. The summed E-state index contributed by atoms with van der Waals surface area (Å²) in [5.41, 5.74) is 0.524. The molecule has 2 saturated heterocycles. The van der Waals surface area contributed by atoms with Crippen LogP contribution in [-0.2, 0) is 0 Å². The topological polar surface area (TPSA) is 54.0 Å². The van der Waals surface area contributed by atoms with E-state index < -0.39 is 0 Å². The molecule has 4 heterocycles. The molecule has 3 atom stereocenters. The average Bonchev–Trinajstić information content (AvgIpc) is 3.20. The molecule has 0 radical (unpaired) electrons. The lowest BCUT2D eigenvalue weighted by atomic mass is 9.95. The van der Waals surface area contributed by atoms with Crippen LogP contribution in [0.3, 0.4) is 0 Å². The van der Waals surface area contributed by atoms with Gasteiger partial charge in [0, 0.05) is 24.3 Å². The Morgan fingerprint density at radius 2 is 2.38 bits per heavy atom. The maximum atomic E-state index is 12.4. The number of carbonyl (C=O) groups is 1. The number of rotatable bonds is 3. The quantitative estimate of drug-likeness (QED) is 0.854. The van der Waals surface area contributed by atoms with E-state index in [1.165, 1.54) is 17.1 Å². The van der Waals surface area contributed by atoms with Crippen molar-refractivity contribution in [2.24, 2.45) is 0 Å². The third-order valence-electron chi connectivity index (χ3n) is 4.43. The zero-order valence-corrected chi connectivity index (χ0v) is 13.4. The molecule has 0 aliphatic carbocycles. The lowest BCUT2D eigenvalue weighted by Crippen LogP contribution is -2.43. The van der Waals surface area contributed by atoms with Crippen LogP contribution < -0.4 is 10.6 Å². The highest BCUT2D eigenvalue weighted by atomic mass is 32.2. The van der Waals surface area contributed by atoms with Crippen LogP contribution in [0.2, 0.25) is 0 Å². The molecular formula is C15H17N3OS2. The molecule has 4 nitrogen and oxygen atoms in total. The SMILES string of the molecule is CSc1cc2cc(C(=O)N[C@@H]3C[C@H]4CC[C@@H]3N4)ncc2s1. The monoisotopic (exact) mass is 319 g/mol. The highest BCUT2D eigenvalue weighted by Crippen LogP contribution is 2.32. The van der Waals surface area contributed by atoms with Crippen LogP contribution in [-0.4, -0.2) is 35.3 Å². The van der Waals surface area contributed by atoms with Gasteiger partial charge in [0.2, 0.25) is 0 Å². The van der Waals surface area contributed by atoms with Crippen molar-refractivity contribution in [2.75, 3.05) is 6.26 Å². The Bertz CT molecular complexity index is 699. The fraction of sp³-hybridized carbons (Fsp3) is 0.467. The van der Waals surface area contributed by atoms with E-state index in [0.29, 0.717) is 17.8 Å². The summed E-state index contributed by atoms with van der Waals surface area (Å²) < 4.78 is 2.39. The number of nitrogens with one attached hydrogen (secondary N) is 2. The average molecular weight is 319 g/mol. The molecule has 2 bridgehead atoms. The summed E-state index contributed by atoms with van der Waals surface area (Å²) in [6.45, 7) is 0. The molecule has 0 saturated carbocycles. The first kappa shape index (κ1) is 13.5. The van der Waals surface area contributed by atoms with Gasteiger partial charge in [0.25, 0.3) is 5.91 Å². The van der Waals surface area contributed by atoms with E-state index in [9.17, 15) is 4.79 Å². The predicted molar refractivity (Wildman–Crippen MR) is 87.2 cm³/mol. The van der Waals surface area contributed by atoms with Crippen molar-refractivity contribution in [2.45, 2.75) is 41.6 Å². The number of pyridine rings is 1. The molecular weight excluding hydrogens is 302 g/mol. The van der Waals surface area contributed by atoms with Crippen LogP contribution in [0.25, 0.3) is 10.1 Å². The van der Waals surface area contributed by atoms with Crippen molar-refractivity contribution < 1.29 is 4.79 Å². The van der Waals surface area contributed by atoms with E-state index >= 15 is 0 Å². The summed E-state index contributed by atoms with van der Waals surface area (Å²) in [6.07, 6.45) is 7.34. The Balaban J connectivity index is 1.53. The smallest absolute Gasteiger partial charge is 0.270 e. The molecule has 0 unspecified atom stereocenters. The van der Waals surface area contributed by atoms with Crippen molar-refractivity contribution in [3.05, 3.63) is 24.0 Å². The van der Waals surface area contributed by atoms with Gasteiger partial charge in [-0.15, -0.1) is 23.1 Å². The van der Waals surface area contributed by atoms with Crippen LogP contribution in [0.1, 0.15) is 29.8 Å². The third kappa shape index (κ3) is 2.45. The normalized spacial score (nSPS) is 27.4. The zero-order chi connectivity index (χ0) is 14.4. The Hall–Kier alpha value is -1.11. The van der Waals surface area contributed by atoms with Crippen LogP contribution in [0, 0.1) is 0 Å². The van der Waals surface area contributed by atoms with Gasteiger partial charge < -0.3 is 10.6 Å². The predicted octanol–water partition coefficient (Wildman–Crippen LogP) is 2.64. The Morgan fingerprint density at radius 3 is 3.10 bits per heavy atom. The number of thioether (sulfide) groups is 1. The lowest BCUT2D eigenvalue weighted by Gasteiger charge is -2.21. The number of thiophene rings is 1. The van der Waals surface area contributed by atoms with Gasteiger partial charge in [0.15, 0.2) is 0 Å². The van der Waals surface area contributed by atoms with Crippen LogP contribution in [0.4, 0.5) is 0 Å². The summed E-state index contributed by atoms with van der Waals surface area (Å²) in [4.78, 5) is 16.7. The molecule has 2 aromatic heterocycles. The number of nitrogens with zero attached hydrogens (tertiary/aromatic N) is 1. The van der Waals surface area contributed by atoms with E-state index in [1.54, 1.807) is 23.1 Å². The van der Waals surface area contributed by atoms with E-state index in [2.05, 4.69) is 27.9 Å². The molecule has 4 rings (SSSR count). The maximum Gasteiger partial charge on any atom is 0.270 e. The molecule has 21 heavy (non-hydrogen) atoms. The van der Waals surface area contributed by atoms with Gasteiger partial charge in [-0.3, -0.25) is 4.79 Å². The molecule has 2 N–H and O–H groups in total. The van der Waals surface area contributed by atoms with Gasteiger partial charge in [-0.1, -0.05) is 0 Å². The van der Waals surface area contributed by atoms with Gasteiger partial charge >= 0.3 is 0 Å². The minimum absolute atomic E-state index is 0.0480. The number of hydrogen-bond acceptors (Lipinski definition) is 5. The Morgan fingerprint density at radius 1 is 1.48 bits per heavy atom. The first-order valence-electron chi connectivity index (χ1n) is 7.23. The van der Waals surface area contributed by atoms with Gasteiger partial charge in [-0.05, 0) is 43.0 Å². The number of fused-ring (bicyclic) bond motifs is 3. The fourth-order valence-electron chi connectivity index (χ4n) is 3.37. The summed E-state index contributed by atoms with van der Waals surface area (Å²) >= 11 is 3.44. The first-order valence-corrected chi connectivity index (χ1v) is 9.27. The molecule has 2 aliphatic rings. The summed E-state index contributed by atoms with van der Waals surface area (Å²) in [6, 6.07) is 5.34. The Labute approximate surface area is 131 Å². The summed E-state index contributed by atoms with van der Waals surface area (Å²) in [5.74, 6) is -0.0480. The fourth-order valence-corrected chi connectivity index (χ4v) is 4.96. The molecule has 2 aromatic rings. The molecule has 1 amide bonds. The van der Waals surface area contributed by atoms with Crippen molar-refractivity contribution in [3.63, 3.8) is 0 Å². The van der Waals surface area contributed by atoms with Crippen molar-refractivity contribution >= 4 is 39.1 Å². The number of carbonyl (C=O) groups excluding carboxylic acids is 1. The Kier molecular flexibility index (Phi) is 3.40. The lowest BCUT2D eigenvalue weighted by molar-refractivity contribution is 0.0926. The van der Waals surface area contributed by atoms with Gasteiger partial charge in [-0.25, -0.2) is 4.98 Å². The highest BCUT2D eigenvalue weighted by molar-refractivity contribution is 8.00. The molecule has 0 spiro atoms. The van der Waals surface area contributed by atoms with Gasteiger partial charge in [0.05, 0.1) is 8.91 Å². The van der Waals surface area contributed by atoms with E-state index in [-0.39, 0.29) is 11.9 Å². The van der Waals surface area contributed by atoms with Crippen molar-refractivity contribution in [1.82, 2.24) is 15.6 Å². The van der Waals surface area contributed by atoms with Crippen LogP contribution in [0.5, 0.6) is 0 Å². The first-order chi connectivity index (χ1) is 10.2. The highest BCUT2D eigenvalue weighted by Gasteiger charge is 2.39. The van der Waals surface area contributed by atoms with Gasteiger partial charge in [0.1, 0.15) is 5.69 Å². The maximum absolute atomic E-state index is 12.4. The largest absolute Gasteiger partial charge is 0.346 e. The van der Waals surface area contributed by atoms with E-state index in [0.717, 1.165) is 16.5 Å². The van der Waals surface area contributed by atoms with Crippen LogP contribution in [0.15, 0.2) is 22.5 Å². The minimum atomic E-state index is -0.0480. The van der Waals surface area contributed by atoms with E-state index in [4.69, 9.17) is 0 Å². The zero-order valence-electron chi connectivity index (χ0n) is 11.8. The summed E-state index contributed by atoms with van der Waals surface area (Å²) in [7, 11) is 0. The molecule has 0 aromatic carbocycles. The van der Waals surface area contributed by atoms with Crippen LogP contribution >= 0.6 is 23.1 Å². The van der Waals surface area contributed by atoms with Gasteiger partial charge in [-0.2, -0.15) is 0 Å². The standard InChI is InChI=1S/C15H17N3OS2/c1-20-14-5-8-4-12(16-7-13(8)21-14)15(19)18-11-6-9-2-3-10(11)17-9/h4-5,7,9-11,17H,2-3,6H2,1H3,(H,18,19)/t9-,10+,11-/m1/s1. The number of aromatic nitrogens is 1. The second kappa shape index (κ2) is 5.26. The van der Waals surface area contributed by atoms with E-state index in [1.807, 2.05) is 12.3 Å². The number of amides is 1.